The van der Waals surface area contributed by atoms with Gasteiger partial charge in [0.25, 0.3) is 5.91 Å². The highest BCUT2D eigenvalue weighted by molar-refractivity contribution is 5.99. The zero-order chi connectivity index (χ0) is 22.3. The number of nitrogens with one attached hydrogen (secondary N) is 1. The van der Waals surface area contributed by atoms with Gasteiger partial charge in [-0.05, 0) is 61.9 Å². The molecule has 1 amide bonds. The maximum absolute atomic E-state index is 14.8. The van der Waals surface area contributed by atoms with Crippen molar-refractivity contribution in [1.29, 1.82) is 0 Å². The van der Waals surface area contributed by atoms with Gasteiger partial charge >= 0.3 is 5.97 Å². The van der Waals surface area contributed by atoms with E-state index in [0.717, 1.165) is 46.2 Å². The fraction of sp³-hybridized carbons (Fsp3) is 0.480. The highest BCUT2D eigenvalue weighted by Crippen LogP contribution is 2.50. The summed E-state index contributed by atoms with van der Waals surface area (Å²) in [6.45, 7) is 4.33. The molecule has 0 radical (unpaired) electrons. The predicted octanol–water partition coefficient (Wildman–Crippen LogP) is 3.56. The number of ether oxygens (including phenoxy) is 1. The fourth-order valence-corrected chi connectivity index (χ4v) is 6.32. The summed E-state index contributed by atoms with van der Waals surface area (Å²) in [4.78, 5) is 32.7. The maximum Gasteiger partial charge on any atom is 0.313 e. The van der Waals surface area contributed by atoms with E-state index in [0.29, 0.717) is 36.0 Å². The third-order valence-corrected chi connectivity index (χ3v) is 7.97. The normalized spacial score (nSPS) is 26.2. The van der Waals surface area contributed by atoms with E-state index in [1.807, 2.05) is 25.8 Å². The largest absolute Gasteiger partial charge is 0.460 e. The second-order valence-electron chi connectivity index (χ2n) is 9.35. The van der Waals surface area contributed by atoms with Crippen LogP contribution in [0.5, 0.6) is 0 Å². The van der Waals surface area contributed by atoms with Gasteiger partial charge in [-0.2, -0.15) is 0 Å². The minimum absolute atomic E-state index is 0.0546. The molecule has 4 heterocycles. The number of esters is 1. The lowest BCUT2D eigenvalue weighted by Gasteiger charge is -2.37. The molecular weight excluding hydrogens is 409 g/mol. The van der Waals surface area contributed by atoms with E-state index in [-0.39, 0.29) is 42.3 Å². The number of aryl methyl sites for hydroxylation is 1. The molecule has 6 nitrogen and oxygen atoms in total. The number of pyridine rings is 1. The van der Waals surface area contributed by atoms with E-state index < -0.39 is 0 Å². The molecule has 0 fully saturated rings. The molecule has 6 rings (SSSR count). The summed E-state index contributed by atoms with van der Waals surface area (Å²) >= 11 is 0. The molecule has 0 spiro atoms. The Hall–Kier alpha value is -2.80. The van der Waals surface area contributed by atoms with Gasteiger partial charge < -0.3 is 15.0 Å². The summed E-state index contributed by atoms with van der Waals surface area (Å²) in [5.41, 5.74) is 7.04. The lowest BCUT2D eigenvalue weighted by molar-refractivity contribution is -0.149. The summed E-state index contributed by atoms with van der Waals surface area (Å²) in [6, 6.07) is 1.46. The second-order valence-corrected chi connectivity index (χ2v) is 9.35. The summed E-state index contributed by atoms with van der Waals surface area (Å²) in [7, 11) is 1.95. The third-order valence-electron chi connectivity index (χ3n) is 7.97. The Morgan fingerprint density at radius 1 is 1.31 bits per heavy atom. The Bertz CT molecular complexity index is 1250. The SMILES string of the molecule is CCC1C(=O)OCC2=C1CC1c3nc4cc(F)c(C)c5c4c(c3CN1C2=O)C(NC)CC5. The van der Waals surface area contributed by atoms with Crippen LogP contribution in [0.3, 0.4) is 0 Å². The number of halogens is 1. The van der Waals surface area contributed by atoms with Crippen molar-refractivity contribution >= 4 is 22.8 Å². The first kappa shape index (κ1) is 19.9. The van der Waals surface area contributed by atoms with Crippen molar-refractivity contribution in [2.24, 2.45) is 5.92 Å². The van der Waals surface area contributed by atoms with Crippen LogP contribution in [-0.4, -0.2) is 35.4 Å². The number of rotatable bonds is 2. The van der Waals surface area contributed by atoms with E-state index in [1.165, 1.54) is 0 Å². The van der Waals surface area contributed by atoms with Crippen LogP contribution in [0.25, 0.3) is 10.9 Å². The van der Waals surface area contributed by atoms with Crippen molar-refractivity contribution in [2.45, 2.75) is 58.2 Å². The minimum atomic E-state index is -0.371. The molecule has 0 bridgehead atoms. The molecule has 0 saturated heterocycles. The number of cyclic esters (lactones) is 1. The maximum atomic E-state index is 14.8. The molecule has 166 valence electrons. The van der Waals surface area contributed by atoms with Crippen LogP contribution in [0, 0.1) is 18.7 Å². The Kier molecular flexibility index (Phi) is 4.25. The molecule has 2 aromatic rings. The van der Waals surface area contributed by atoms with Gasteiger partial charge in [0, 0.05) is 29.6 Å². The molecule has 3 atom stereocenters. The van der Waals surface area contributed by atoms with Crippen molar-refractivity contribution < 1.29 is 18.7 Å². The molecule has 3 aliphatic heterocycles. The standard InChI is InChI=1S/C25H26FN3O3/c1-4-12-14-7-20-23-15(9-29(20)24(30)16(14)10-32-25(12)31)22-18(27-3)6-5-13-11(2)17(26)8-19(28-23)21(13)22/h8,12,18,20,27H,4-7,9-10H2,1-3H3. The van der Waals surface area contributed by atoms with Crippen LogP contribution in [0.2, 0.25) is 0 Å². The number of nitrogens with zero attached hydrogens (tertiary/aromatic N) is 2. The predicted molar refractivity (Wildman–Crippen MR) is 116 cm³/mol. The number of carbonyl (C=O) groups is 2. The second kappa shape index (κ2) is 6.85. The Labute approximate surface area is 185 Å². The Balaban J connectivity index is 1.56. The smallest absolute Gasteiger partial charge is 0.313 e. The van der Waals surface area contributed by atoms with Crippen molar-refractivity contribution in [3.63, 3.8) is 0 Å². The topological polar surface area (TPSA) is 71.5 Å². The lowest BCUT2D eigenvalue weighted by Crippen LogP contribution is -2.42. The first-order valence-electron chi connectivity index (χ1n) is 11.5. The number of hydrogen-bond donors (Lipinski definition) is 1. The van der Waals surface area contributed by atoms with Crippen LogP contribution < -0.4 is 5.32 Å². The van der Waals surface area contributed by atoms with Crippen LogP contribution in [0.1, 0.15) is 66.2 Å². The van der Waals surface area contributed by atoms with Gasteiger partial charge in [-0.3, -0.25) is 14.6 Å². The van der Waals surface area contributed by atoms with Crippen LogP contribution in [0.4, 0.5) is 4.39 Å². The van der Waals surface area contributed by atoms with Crippen molar-refractivity contribution in [2.75, 3.05) is 13.7 Å². The van der Waals surface area contributed by atoms with Crippen LogP contribution in [0.15, 0.2) is 17.2 Å². The summed E-state index contributed by atoms with van der Waals surface area (Å²) in [5, 5.41) is 4.48. The summed E-state index contributed by atoms with van der Waals surface area (Å²) in [5.74, 6) is -0.903. The number of hydrogen-bond acceptors (Lipinski definition) is 5. The van der Waals surface area contributed by atoms with E-state index in [1.54, 1.807) is 6.07 Å². The molecule has 4 aliphatic rings. The first-order valence-corrected chi connectivity index (χ1v) is 11.5. The van der Waals surface area contributed by atoms with Crippen molar-refractivity contribution in [1.82, 2.24) is 15.2 Å². The molecule has 3 unspecified atom stereocenters. The third kappa shape index (κ3) is 2.46. The molecule has 1 N–H and O–H groups in total. The average Bonchev–Trinajstić information content (AvgIpc) is 3.16. The zero-order valence-electron chi connectivity index (χ0n) is 18.5. The van der Waals surface area contributed by atoms with E-state index in [2.05, 4.69) is 5.32 Å². The average molecular weight is 435 g/mol. The van der Waals surface area contributed by atoms with Gasteiger partial charge in [0.2, 0.25) is 0 Å². The molecule has 0 saturated carbocycles. The number of amides is 1. The van der Waals surface area contributed by atoms with Gasteiger partial charge in [-0.15, -0.1) is 0 Å². The van der Waals surface area contributed by atoms with E-state index in [4.69, 9.17) is 9.72 Å². The van der Waals surface area contributed by atoms with Crippen LogP contribution >= 0.6 is 0 Å². The van der Waals surface area contributed by atoms with Gasteiger partial charge in [-0.25, -0.2) is 4.39 Å². The van der Waals surface area contributed by atoms with Crippen LogP contribution in [-0.2, 0) is 27.3 Å². The Morgan fingerprint density at radius 2 is 2.12 bits per heavy atom. The molecule has 1 aliphatic carbocycles. The molecule has 32 heavy (non-hydrogen) atoms. The number of benzene rings is 1. The fourth-order valence-electron chi connectivity index (χ4n) is 6.32. The van der Waals surface area contributed by atoms with Gasteiger partial charge in [-0.1, -0.05) is 6.92 Å². The van der Waals surface area contributed by atoms with E-state index >= 15 is 0 Å². The molecule has 1 aromatic carbocycles. The quantitative estimate of drug-likeness (QED) is 0.731. The number of carbonyl (C=O) groups excluding carboxylic acids is 2. The zero-order valence-corrected chi connectivity index (χ0v) is 18.5. The van der Waals surface area contributed by atoms with Gasteiger partial charge in [0.15, 0.2) is 0 Å². The highest BCUT2D eigenvalue weighted by Gasteiger charge is 2.47. The van der Waals surface area contributed by atoms with Gasteiger partial charge in [0.1, 0.15) is 12.4 Å². The van der Waals surface area contributed by atoms with Crippen molar-refractivity contribution in [3.05, 3.63) is 51.0 Å². The number of aromatic nitrogens is 1. The first-order chi connectivity index (χ1) is 15.4. The molecule has 1 aromatic heterocycles. The summed E-state index contributed by atoms with van der Waals surface area (Å²) < 4.78 is 20.1. The number of fused-ring (bicyclic) bond motifs is 4. The lowest BCUT2D eigenvalue weighted by atomic mass is 9.80. The molecular formula is C25H26FN3O3. The Morgan fingerprint density at radius 3 is 2.88 bits per heavy atom. The molecule has 7 heteroatoms. The van der Waals surface area contributed by atoms with Gasteiger partial charge in [0.05, 0.1) is 28.7 Å². The monoisotopic (exact) mass is 435 g/mol. The summed E-state index contributed by atoms with van der Waals surface area (Å²) in [6.07, 6.45) is 2.88. The van der Waals surface area contributed by atoms with Crippen molar-refractivity contribution in [3.8, 4) is 0 Å². The van der Waals surface area contributed by atoms with E-state index in [9.17, 15) is 14.0 Å². The highest BCUT2D eigenvalue weighted by atomic mass is 19.1. The minimum Gasteiger partial charge on any atom is -0.460 e.